The van der Waals surface area contributed by atoms with Gasteiger partial charge in [-0.2, -0.15) is 0 Å². The van der Waals surface area contributed by atoms with E-state index in [-0.39, 0.29) is 13.0 Å². The van der Waals surface area contributed by atoms with Gasteiger partial charge in [-0.05, 0) is 28.8 Å². The lowest BCUT2D eigenvalue weighted by atomic mass is 10.0. The van der Waals surface area contributed by atoms with E-state index in [1.807, 2.05) is 78.9 Å². The van der Waals surface area contributed by atoms with Crippen LogP contribution in [-0.4, -0.2) is 38.7 Å². The standard InChI is InChI=1S/C27H29NO6/c1-31-19-26(29)28-23(27(30)32-2)15-22-13-14-24(33-17-20-9-5-3-6-10-20)25(16-22)34-18-21-11-7-4-8-12-21/h3-14,16,23H,15,17-19H2,1-2H3,(H,28,29)/t23-/m1/s1. The quantitative estimate of drug-likeness (QED) is 0.413. The highest BCUT2D eigenvalue weighted by Gasteiger charge is 2.22. The van der Waals surface area contributed by atoms with Crippen molar-refractivity contribution in [2.75, 3.05) is 20.8 Å². The number of rotatable bonds is 12. The summed E-state index contributed by atoms with van der Waals surface area (Å²) < 4.78 is 21.8. The first kappa shape index (κ1) is 24.8. The Labute approximate surface area is 199 Å². The number of esters is 1. The fourth-order valence-electron chi connectivity index (χ4n) is 3.32. The Balaban J connectivity index is 1.79. The minimum absolute atomic E-state index is 0.148. The number of hydrogen-bond donors (Lipinski definition) is 1. The van der Waals surface area contributed by atoms with Crippen LogP contribution in [0.1, 0.15) is 16.7 Å². The molecule has 1 atom stereocenters. The molecular weight excluding hydrogens is 434 g/mol. The lowest BCUT2D eigenvalue weighted by molar-refractivity contribution is -0.145. The van der Waals surface area contributed by atoms with E-state index >= 15 is 0 Å². The molecular formula is C27H29NO6. The van der Waals surface area contributed by atoms with E-state index in [0.717, 1.165) is 16.7 Å². The normalized spacial score (nSPS) is 11.4. The van der Waals surface area contributed by atoms with E-state index in [0.29, 0.717) is 24.7 Å². The van der Waals surface area contributed by atoms with Gasteiger partial charge in [0.15, 0.2) is 11.5 Å². The topological polar surface area (TPSA) is 83.1 Å². The summed E-state index contributed by atoms with van der Waals surface area (Å²) in [5.41, 5.74) is 2.83. The van der Waals surface area contributed by atoms with Crippen LogP contribution >= 0.6 is 0 Å². The van der Waals surface area contributed by atoms with Crippen LogP contribution in [0.25, 0.3) is 0 Å². The molecule has 0 saturated heterocycles. The maximum Gasteiger partial charge on any atom is 0.328 e. The van der Waals surface area contributed by atoms with Gasteiger partial charge < -0.3 is 24.3 Å². The molecule has 0 aliphatic rings. The Morgan fingerprint density at radius 3 is 1.91 bits per heavy atom. The van der Waals surface area contributed by atoms with Crippen LogP contribution in [0.2, 0.25) is 0 Å². The third kappa shape index (κ3) is 7.64. The van der Waals surface area contributed by atoms with Crippen LogP contribution in [0.4, 0.5) is 0 Å². The van der Waals surface area contributed by atoms with Crippen molar-refractivity contribution in [3.63, 3.8) is 0 Å². The molecule has 0 unspecified atom stereocenters. The molecule has 0 radical (unpaired) electrons. The van der Waals surface area contributed by atoms with Crippen LogP contribution < -0.4 is 14.8 Å². The zero-order valence-corrected chi connectivity index (χ0v) is 19.4. The molecule has 7 heteroatoms. The second-order valence-corrected chi connectivity index (χ2v) is 7.61. The summed E-state index contributed by atoms with van der Waals surface area (Å²) in [4.78, 5) is 24.2. The zero-order chi connectivity index (χ0) is 24.2. The maximum atomic E-state index is 12.2. The van der Waals surface area contributed by atoms with Gasteiger partial charge >= 0.3 is 5.97 Å². The summed E-state index contributed by atoms with van der Waals surface area (Å²) in [6.45, 7) is 0.599. The Kier molecular flexibility index (Phi) is 9.49. The van der Waals surface area contributed by atoms with E-state index in [1.165, 1.54) is 14.2 Å². The van der Waals surface area contributed by atoms with Crippen molar-refractivity contribution in [1.82, 2.24) is 5.32 Å². The second-order valence-electron chi connectivity index (χ2n) is 7.61. The molecule has 3 aromatic carbocycles. The highest BCUT2D eigenvalue weighted by atomic mass is 16.5. The molecule has 3 aromatic rings. The first-order chi connectivity index (χ1) is 16.6. The van der Waals surface area contributed by atoms with Crippen LogP contribution in [0.3, 0.4) is 0 Å². The lowest BCUT2D eigenvalue weighted by Gasteiger charge is -2.18. The van der Waals surface area contributed by atoms with Crippen molar-refractivity contribution >= 4 is 11.9 Å². The van der Waals surface area contributed by atoms with Crippen LogP contribution in [0.5, 0.6) is 11.5 Å². The number of hydrogen-bond acceptors (Lipinski definition) is 6. The Morgan fingerprint density at radius 1 is 0.765 bits per heavy atom. The van der Waals surface area contributed by atoms with E-state index in [4.69, 9.17) is 18.9 Å². The van der Waals surface area contributed by atoms with Gasteiger partial charge in [0, 0.05) is 13.5 Å². The number of nitrogens with one attached hydrogen (secondary N) is 1. The maximum absolute atomic E-state index is 12.2. The summed E-state index contributed by atoms with van der Waals surface area (Å²) in [6, 6.07) is 24.3. The van der Waals surface area contributed by atoms with Gasteiger partial charge in [-0.15, -0.1) is 0 Å². The number of benzene rings is 3. The highest BCUT2D eigenvalue weighted by molar-refractivity contribution is 5.85. The molecule has 0 fully saturated rings. The fraction of sp³-hybridized carbons (Fsp3) is 0.259. The molecule has 1 amide bonds. The van der Waals surface area contributed by atoms with Gasteiger partial charge in [0.1, 0.15) is 25.9 Å². The third-order valence-corrected chi connectivity index (χ3v) is 5.02. The summed E-state index contributed by atoms with van der Waals surface area (Å²) in [5.74, 6) is 0.188. The van der Waals surface area contributed by atoms with Gasteiger partial charge in [-0.1, -0.05) is 66.7 Å². The zero-order valence-electron chi connectivity index (χ0n) is 19.4. The number of carbonyl (C=O) groups excluding carboxylic acids is 2. The Hall–Kier alpha value is -3.84. The Bertz CT molecular complexity index is 1060. The Morgan fingerprint density at radius 2 is 1.35 bits per heavy atom. The van der Waals surface area contributed by atoms with E-state index in [9.17, 15) is 9.59 Å². The van der Waals surface area contributed by atoms with Crippen molar-refractivity contribution < 1.29 is 28.5 Å². The largest absolute Gasteiger partial charge is 0.485 e. The molecule has 0 spiro atoms. The minimum Gasteiger partial charge on any atom is -0.485 e. The van der Waals surface area contributed by atoms with Crippen molar-refractivity contribution in [2.24, 2.45) is 0 Å². The molecule has 34 heavy (non-hydrogen) atoms. The predicted octanol–water partition coefficient (Wildman–Crippen LogP) is 3.69. The highest BCUT2D eigenvalue weighted by Crippen LogP contribution is 2.30. The third-order valence-electron chi connectivity index (χ3n) is 5.02. The molecule has 0 bridgehead atoms. The van der Waals surface area contributed by atoms with Gasteiger partial charge in [-0.25, -0.2) is 4.79 Å². The molecule has 0 aliphatic heterocycles. The summed E-state index contributed by atoms with van der Waals surface area (Å²) in [7, 11) is 2.70. The smallest absolute Gasteiger partial charge is 0.328 e. The fourth-order valence-corrected chi connectivity index (χ4v) is 3.32. The van der Waals surface area contributed by atoms with Crippen molar-refractivity contribution in [3.05, 3.63) is 95.6 Å². The average Bonchev–Trinajstić information content (AvgIpc) is 2.87. The average molecular weight is 464 g/mol. The van der Waals surface area contributed by atoms with Gasteiger partial charge in [-0.3, -0.25) is 4.79 Å². The van der Waals surface area contributed by atoms with Gasteiger partial charge in [0.2, 0.25) is 5.91 Å². The van der Waals surface area contributed by atoms with E-state index in [1.54, 1.807) is 0 Å². The van der Waals surface area contributed by atoms with Crippen LogP contribution in [0, 0.1) is 0 Å². The van der Waals surface area contributed by atoms with E-state index in [2.05, 4.69) is 5.32 Å². The predicted molar refractivity (Wildman–Crippen MR) is 128 cm³/mol. The van der Waals surface area contributed by atoms with Crippen molar-refractivity contribution in [1.29, 1.82) is 0 Å². The molecule has 0 aromatic heterocycles. The number of amides is 1. The van der Waals surface area contributed by atoms with Crippen molar-refractivity contribution in [2.45, 2.75) is 25.7 Å². The second kappa shape index (κ2) is 13.0. The first-order valence-corrected chi connectivity index (χ1v) is 10.9. The lowest BCUT2D eigenvalue weighted by Crippen LogP contribution is -2.44. The van der Waals surface area contributed by atoms with Crippen molar-refractivity contribution in [3.8, 4) is 11.5 Å². The number of methoxy groups -OCH3 is 2. The van der Waals surface area contributed by atoms with Gasteiger partial charge in [0.25, 0.3) is 0 Å². The summed E-state index contributed by atoms with van der Waals surface area (Å²) in [5, 5.41) is 2.65. The van der Waals surface area contributed by atoms with Crippen LogP contribution in [-0.2, 0) is 38.7 Å². The molecule has 0 saturated carbocycles. The SMILES string of the molecule is COCC(=O)N[C@H](Cc1ccc(OCc2ccccc2)c(OCc2ccccc2)c1)C(=O)OC. The molecule has 0 heterocycles. The summed E-state index contributed by atoms with van der Waals surface area (Å²) >= 11 is 0. The number of ether oxygens (including phenoxy) is 4. The first-order valence-electron chi connectivity index (χ1n) is 10.9. The molecule has 0 aliphatic carbocycles. The van der Waals surface area contributed by atoms with Crippen LogP contribution in [0.15, 0.2) is 78.9 Å². The molecule has 7 nitrogen and oxygen atoms in total. The molecule has 178 valence electrons. The molecule has 3 rings (SSSR count). The van der Waals surface area contributed by atoms with Gasteiger partial charge in [0.05, 0.1) is 7.11 Å². The summed E-state index contributed by atoms with van der Waals surface area (Å²) in [6.07, 6.45) is 0.225. The van der Waals surface area contributed by atoms with E-state index < -0.39 is 17.9 Å². The minimum atomic E-state index is -0.856. The number of carbonyl (C=O) groups is 2. The monoisotopic (exact) mass is 463 g/mol. The molecule has 1 N–H and O–H groups in total.